The van der Waals surface area contributed by atoms with Crippen LogP contribution in [0, 0.1) is 10.1 Å². The Morgan fingerprint density at radius 3 is 2.32 bits per heavy atom. The van der Waals surface area contributed by atoms with Crippen molar-refractivity contribution in [2.45, 2.75) is 26.5 Å². The van der Waals surface area contributed by atoms with Crippen LogP contribution >= 0.6 is 0 Å². The highest BCUT2D eigenvalue weighted by Gasteiger charge is 2.40. The van der Waals surface area contributed by atoms with Crippen molar-refractivity contribution in [3.8, 4) is 11.5 Å². The lowest BCUT2D eigenvalue weighted by molar-refractivity contribution is -0.385. The molecule has 3 aromatic carbocycles. The molecule has 1 N–H and O–H groups in total. The zero-order valence-electron chi connectivity index (χ0n) is 21.2. The van der Waals surface area contributed by atoms with Crippen LogP contribution in [0.4, 0.5) is 16.2 Å². The number of methoxy groups -OCH3 is 1. The first-order valence-corrected chi connectivity index (χ1v) is 11.9. The van der Waals surface area contributed by atoms with Gasteiger partial charge in [-0.25, -0.2) is 9.59 Å². The minimum atomic E-state index is -1.17. The molecule has 38 heavy (non-hydrogen) atoms. The van der Waals surface area contributed by atoms with E-state index in [1.54, 1.807) is 44.2 Å². The van der Waals surface area contributed by atoms with E-state index in [1.807, 2.05) is 30.3 Å². The van der Waals surface area contributed by atoms with Gasteiger partial charge < -0.3 is 19.5 Å². The number of anilines is 1. The van der Waals surface area contributed by atoms with E-state index in [0.717, 1.165) is 5.56 Å². The van der Waals surface area contributed by atoms with Gasteiger partial charge in [-0.05, 0) is 37.6 Å². The van der Waals surface area contributed by atoms with Crippen LogP contribution < -0.4 is 19.7 Å². The second kappa shape index (κ2) is 11.5. The van der Waals surface area contributed by atoms with Gasteiger partial charge in [-0.3, -0.25) is 15.0 Å². The van der Waals surface area contributed by atoms with Crippen LogP contribution in [-0.2, 0) is 16.1 Å². The van der Waals surface area contributed by atoms with E-state index in [-0.39, 0.29) is 41.5 Å². The zero-order valence-corrected chi connectivity index (χ0v) is 21.2. The molecule has 4 rings (SSSR count). The Morgan fingerprint density at radius 2 is 1.71 bits per heavy atom. The topological polar surface area (TPSA) is 120 Å². The Morgan fingerprint density at radius 1 is 1.05 bits per heavy atom. The number of benzene rings is 3. The van der Waals surface area contributed by atoms with Crippen molar-refractivity contribution < 1.29 is 28.7 Å². The molecule has 0 spiro atoms. The lowest BCUT2D eigenvalue weighted by atomic mass is 9.93. The first kappa shape index (κ1) is 26.2. The normalized spacial score (nSPS) is 15.1. The van der Waals surface area contributed by atoms with Gasteiger partial charge in [0.2, 0.25) is 0 Å². The molecule has 196 valence electrons. The van der Waals surface area contributed by atoms with Gasteiger partial charge in [-0.15, -0.1) is 0 Å². The number of nitrogens with zero attached hydrogens (tertiary/aromatic N) is 2. The number of hydrogen-bond acceptors (Lipinski definition) is 7. The average molecular weight is 518 g/mol. The maximum absolute atomic E-state index is 13.3. The Labute approximate surface area is 219 Å². The molecular formula is C28H27N3O7. The van der Waals surface area contributed by atoms with Gasteiger partial charge in [0, 0.05) is 5.70 Å². The number of rotatable bonds is 9. The Balaban J connectivity index is 1.82. The van der Waals surface area contributed by atoms with Gasteiger partial charge in [0.05, 0.1) is 47.6 Å². The smallest absolute Gasteiger partial charge is 0.338 e. The highest BCUT2D eigenvalue weighted by molar-refractivity contribution is 6.03. The molecule has 10 nitrogen and oxygen atoms in total. The number of ether oxygens (including phenoxy) is 3. The zero-order chi connectivity index (χ0) is 27.2. The molecule has 1 aliphatic rings. The van der Waals surface area contributed by atoms with Gasteiger partial charge in [-0.1, -0.05) is 48.5 Å². The second-order valence-corrected chi connectivity index (χ2v) is 8.37. The molecule has 1 heterocycles. The standard InChI is InChI=1S/C28H27N3O7/c1-4-37-27(32)25-18(2)30(20-13-9-6-10-14-20)28(33)29-26(25)21-15-23(36-3)24(16-22(21)31(34)35)38-17-19-11-7-5-8-12-19/h5-16,26H,4,17H2,1-3H3,(H,29,33)/t26-/m1/s1. The van der Waals surface area contributed by atoms with E-state index in [1.165, 1.54) is 24.1 Å². The quantitative estimate of drug-likeness (QED) is 0.233. The van der Waals surface area contributed by atoms with E-state index in [4.69, 9.17) is 14.2 Å². The molecule has 1 atom stereocenters. The Kier molecular flexibility index (Phi) is 7.91. The van der Waals surface area contributed by atoms with E-state index in [9.17, 15) is 19.7 Å². The first-order chi connectivity index (χ1) is 18.3. The summed E-state index contributed by atoms with van der Waals surface area (Å²) < 4.78 is 16.6. The SMILES string of the molecule is CCOC(=O)C1=C(C)N(c2ccccc2)C(=O)N[C@@H]1c1cc(OC)c(OCc2ccccc2)cc1[N+](=O)[O-]. The number of nitro benzene ring substituents is 1. The maximum Gasteiger partial charge on any atom is 0.338 e. The Hall–Kier alpha value is -4.86. The summed E-state index contributed by atoms with van der Waals surface area (Å²) in [6.45, 7) is 3.50. The first-order valence-electron chi connectivity index (χ1n) is 11.9. The molecule has 0 fully saturated rings. The molecule has 0 aromatic heterocycles. The molecule has 0 saturated carbocycles. The van der Waals surface area contributed by atoms with E-state index < -0.39 is 23.0 Å². The fourth-order valence-electron chi connectivity index (χ4n) is 4.30. The van der Waals surface area contributed by atoms with E-state index >= 15 is 0 Å². The summed E-state index contributed by atoms with van der Waals surface area (Å²) in [5, 5.41) is 14.9. The highest BCUT2D eigenvalue weighted by atomic mass is 16.6. The predicted octanol–water partition coefficient (Wildman–Crippen LogP) is 5.29. The van der Waals surface area contributed by atoms with Crippen molar-refractivity contribution >= 4 is 23.4 Å². The number of amides is 2. The Bertz CT molecular complexity index is 1370. The third kappa shape index (κ3) is 5.29. The van der Waals surface area contributed by atoms with E-state index in [2.05, 4.69) is 5.32 Å². The lowest BCUT2D eigenvalue weighted by Gasteiger charge is -2.35. The predicted molar refractivity (Wildman–Crippen MR) is 140 cm³/mol. The number of urea groups is 1. The van der Waals surface area contributed by atoms with Gasteiger partial charge in [-0.2, -0.15) is 0 Å². The fourth-order valence-corrected chi connectivity index (χ4v) is 4.30. The highest BCUT2D eigenvalue weighted by Crippen LogP contribution is 2.42. The number of carbonyl (C=O) groups is 2. The summed E-state index contributed by atoms with van der Waals surface area (Å²) in [5.74, 6) is -0.339. The van der Waals surface area contributed by atoms with Crippen molar-refractivity contribution in [2.24, 2.45) is 0 Å². The summed E-state index contributed by atoms with van der Waals surface area (Å²) in [7, 11) is 1.41. The summed E-state index contributed by atoms with van der Waals surface area (Å²) in [5.41, 5.74) is 1.47. The molecule has 3 aromatic rings. The molecule has 0 aliphatic carbocycles. The molecule has 0 saturated heterocycles. The number of nitrogens with one attached hydrogen (secondary N) is 1. The third-order valence-corrected chi connectivity index (χ3v) is 6.05. The lowest BCUT2D eigenvalue weighted by Crippen LogP contribution is -2.48. The summed E-state index contributed by atoms with van der Waals surface area (Å²) in [6, 6.07) is 19.0. The van der Waals surface area contributed by atoms with Gasteiger partial charge in [0.25, 0.3) is 5.69 Å². The molecule has 0 radical (unpaired) electrons. The molecule has 1 aliphatic heterocycles. The molecular weight excluding hydrogens is 490 g/mol. The number of allylic oxidation sites excluding steroid dienone is 1. The third-order valence-electron chi connectivity index (χ3n) is 6.05. The van der Waals surface area contributed by atoms with Crippen LogP contribution in [0.5, 0.6) is 11.5 Å². The van der Waals surface area contributed by atoms with Gasteiger partial charge in [0.15, 0.2) is 11.5 Å². The second-order valence-electron chi connectivity index (χ2n) is 8.37. The van der Waals surface area contributed by atoms with Crippen molar-refractivity contribution in [1.82, 2.24) is 5.32 Å². The molecule has 10 heteroatoms. The van der Waals surface area contributed by atoms with Crippen LogP contribution in [0.1, 0.15) is 31.0 Å². The van der Waals surface area contributed by atoms with Gasteiger partial charge in [0.1, 0.15) is 6.61 Å². The molecule has 0 bridgehead atoms. The minimum Gasteiger partial charge on any atom is -0.493 e. The fraction of sp³-hybridized carbons (Fsp3) is 0.214. The average Bonchev–Trinajstić information content (AvgIpc) is 2.92. The number of esters is 1. The summed E-state index contributed by atoms with van der Waals surface area (Å²) in [4.78, 5) is 39.4. The van der Waals surface area contributed by atoms with Crippen LogP contribution in [0.15, 0.2) is 84.1 Å². The van der Waals surface area contributed by atoms with Crippen LogP contribution in [0.25, 0.3) is 0 Å². The molecule has 0 unspecified atom stereocenters. The summed E-state index contributed by atoms with van der Waals surface area (Å²) in [6.07, 6.45) is 0. The molecule has 2 amide bonds. The monoisotopic (exact) mass is 517 g/mol. The van der Waals surface area contributed by atoms with Crippen molar-refractivity contribution in [3.63, 3.8) is 0 Å². The van der Waals surface area contributed by atoms with Crippen molar-refractivity contribution in [3.05, 3.63) is 105 Å². The van der Waals surface area contributed by atoms with Gasteiger partial charge >= 0.3 is 12.0 Å². The van der Waals surface area contributed by atoms with Crippen molar-refractivity contribution in [2.75, 3.05) is 18.6 Å². The largest absolute Gasteiger partial charge is 0.493 e. The van der Waals surface area contributed by atoms with E-state index in [0.29, 0.717) is 11.4 Å². The minimum absolute atomic E-state index is 0.0578. The van der Waals surface area contributed by atoms with Crippen molar-refractivity contribution in [1.29, 1.82) is 0 Å². The number of nitro groups is 1. The summed E-state index contributed by atoms with van der Waals surface area (Å²) >= 11 is 0. The maximum atomic E-state index is 13.3. The van der Waals surface area contributed by atoms with Crippen LogP contribution in [-0.4, -0.2) is 30.6 Å². The number of hydrogen-bond donors (Lipinski definition) is 1. The number of para-hydroxylation sites is 1. The van der Waals surface area contributed by atoms with Crippen LogP contribution in [0.3, 0.4) is 0 Å². The number of carbonyl (C=O) groups excluding carboxylic acids is 2. The van der Waals surface area contributed by atoms with Crippen LogP contribution in [0.2, 0.25) is 0 Å².